The van der Waals surface area contributed by atoms with Gasteiger partial charge >= 0.3 is 0 Å². The molecule has 1 aromatic heterocycles. The summed E-state index contributed by atoms with van der Waals surface area (Å²) in [7, 11) is 0. The van der Waals surface area contributed by atoms with E-state index in [0.717, 1.165) is 28.5 Å². The molecule has 3 nitrogen and oxygen atoms in total. The van der Waals surface area contributed by atoms with Crippen LogP contribution in [0.2, 0.25) is 0 Å². The molecule has 0 fully saturated rings. The number of hydrogen-bond acceptors (Lipinski definition) is 2. The van der Waals surface area contributed by atoms with Crippen molar-refractivity contribution >= 4 is 44.4 Å². The third-order valence-electron chi connectivity index (χ3n) is 11.6. The van der Waals surface area contributed by atoms with Crippen molar-refractivity contribution in [3.8, 4) is 33.7 Å². The summed E-state index contributed by atoms with van der Waals surface area (Å²) in [6.45, 7) is 0. The Hall–Kier alpha value is -7.36. The van der Waals surface area contributed by atoms with Gasteiger partial charge in [-0.25, -0.2) is 0 Å². The minimum absolute atomic E-state index is 0.0139. The fourth-order valence-corrected chi connectivity index (χ4v) is 8.81. The second kappa shape index (κ2) is 13.7. The molecule has 270 valence electrons. The van der Waals surface area contributed by atoms with Crippen molar-refractivity contribution in [1.82, 2.24) is 4.57 Å². The first-order chi connectivity index (χ1) is 28.3. The second-order valence-electron chi connectivity index (χ2n) is 14.9. The number of benzene rings is 8. The molecule has 0 saturated carbocycles. The van der Waals surface area contributed by atoms with Gasteiger partial charge in [-0.3, -0.25) is 0 Å². The fourth-order valence-electron chi connectivity index (χ4n) is 8.81. The number of anilines is 3. The lowest BCUT2D eigenvalue weighted by molar-refractivity contribution is 0.269. The van der Waals surface area contributed by atoms with Gasteiger partial charge in [-0.05, 0) is 94.6 Å². The molecule has 57 heavy (non-hydrogen) atoms. The van der Waals surface area contributed by atoms with E-state index in [-0.39, 0.29) is 12.0 Å². The van der Waals surface area contributed by atoms with Crippen LogP contribution in [0.5, 0.6) is 5.75 Å². The fraction of sp³-hybridized carbons (Fsp3) is 0.0370. The summed E-state index contributed by atoms with van der Waals surface area (Å²) >= 11 is 0. The molecule has 0 saturated heterocycles. The minimum atomic E-state index is 0.0139. The standard InChI is InChI=1S/C54H38N2O/c1-3-12-37(13-4-1)38-22-29-43(30-23-38)55(44-31-24-39(25-32-44)41-28-35-49-48-17-8-10-21-52(48)57-53(49)36-41)45-33-26-40(27-34-45)46-18-11-19-50-47-16-7-9-20-51(47)56(54(46)50)42-14-5-2-6-15-42/h1-36,49,53H. The number of fused-ring (bicyclic) bond motifs is 6. The monoisotopic (exact) mass is 730 g/mol. The average Bonchev–Trinajstić information content (AvgIpc) is 3.83. The van der Waals surface area contributed by atoms with Crippen LogP contribution in [0.25, 0.3) is 55.3 Å². The van der Waals surface area contributed by atoms with Crippen LogP contribution < -0.4 is 9.64 Å². The van der Waals surface area contributed by atoms with Gasteiger partial charge in [0.1, 0.15) is 11.9 Å². The summed E-state index contributed by atoms with van der Waals surface area (Å²) in [5.74, 6) is 1.25. The van der Waals surface area contributed by atoms with Crippen molar-refractivity contribution in [3.05, 3.63) is 230 Å². The summed E-state index contributed by atoms with van der Waals surface area (Å²) in [6, 6.07) is 71.9. The molecule has 0 radical (unpaired) electrons. The zero-order valence-electron chi connectivity index (χ0n) is 31.2. The van der Waals surface area contributed by atoms with E-state index in [1.807, 2.05) is 6.07 Å². The highest BCUT2D eigenvalue weighted by atomic mass is 16.5. The topological polar surface area (TPSA) is 17.4 Å². The van der Waals surface area contributed by atoms with Gasteiger partial charge in [-0.1, -0.05) is 152 Å². The first-order valence-electron chi connectivity index (χ1n) is 19.7. The van der Waals surface area contributed by atoms with Crippen LogP contribution in [0, 0.1) is 0 Å². The SMILES string of the molecule is C1=CC2c3ccccc3OC2C=C1c1ccc(N(c2ccc(-c3ccccc3)cc2)c2ccc(-c3cccc4c5ccccc5n(-c5ccccc5)c34)cc2)cc1. The first-order valence-corrected chi connectivity index (χ1v) is 19.7. The number of para-hydroxylation sites is 4. The van der Waals surface area contributed by atoms with Crippen LogP contribution in [0.15, 0.2) is 218 Å². The largest absolute Gasteiger partial charge is 0.485 e. The summed E-state index contributed by atoms with van der Waals surface area (Å²) in [4.78, 5) is 2.35. The Balaban J connectivity index is 0.978. The highest BCUT2D eigenvalue weighted by Crippen LogP contribution is 2.44. The molecule has 0 N–H and O–H groups in total. The van der Waals surface area contributed by atoms with Crippen molar-refractivity contribution in [2.45, 2.75) is 12.0 Å². The van der Waals surface area contributed by atoms with Crippen LogP contribution in [-0.2, 0) is 0 Å². The van der Waals surface area contributed by atoms with Crippen molar-refractivity contribution in [2.24, 2.45) is 0 Å². The predicted octanol–water partition coefficient (Wildman–Crippen LogP) is 14.1. The molecule has 3 heteroatoms. The van der Waals surface area contributed by atoms with E-state index in [9.17, 15) is 0 Å². The van der Waals surface area contributed by atoms with Gasteiger partial charge in [0.05, 0.1) is 11.0 Å². The maximum absolute atomic E-state index is 6.35. The van der Waals surface area contributed by atoms with Gasteiger partial charge in [0, 0.05) is 50.6 Å². The molecule has 2 unspecified atom stereocenters. The van der Waals surface area contributed by atoms with E-state index in [2.05, 4.69) is 222 Å². The summed E-state index contributed by atoms with van der Waals surface area (Å²) in [6.07, 6.45) is 6.83. The van der Waals surface area contributed by atoms with E-state index in [1.165, 1.54) is 60.8 Å². The lowest BCUT2D eigenvalue weighted by Crippen LogP contribution is -2.17. The van der Waals surface area contributed by atoms with Gasteiger partial charge in [0.25, 0.3) is 0 Å². The molecule has 11 rings (SSSR count). The van der Waals surface area contributed by atoms with Crippen LogP contribution in [0.3, 0.4) is 0 Å². The molecule has 1 aliphatic carbocycles. The zero-order valence-corrected chi connectivity index (χ0v) is 31.2. The Bertz CT molecular complexity index is 2960. The Kier molecular flexibility index (Phi) is 7.96. The highest BCUT2D eigenvalue weighted by Gasteiger charge is 2.33. The molecule has 2 aliphatic rings. The normalized spacial score (nSPS) is 15.5. The van der Waals surface area contributed by atoms with E-state index < -0.39 is 0 Å². The van der Waals surface area contributed by atoms with Crippen LogP contribution in [-0.4, -0.2) is 10.7 Å². The van der Waals surface area contributed by atoms with Gasteiger partial charge in [0.15, 0.2) is 0 Å². The van der Waals surface area contributed by atoms with Crippen molar-refractivity contribution in [2.75, 3.05) is 4.90 Å². The molecule has 2 heterocycles. The molecular formula is C54H38N2O. The van der Waals surface area contributed by atoms with Gasteiger partial charge < -0.3 is 14.2 Å². The van der Waals surface area contributed by atoms with E-state index in [4.69, 9.17) is 4.74 Å². The maximum Gasteiger partial charge on any atom is 0.128 e. The lowest BCUT2D eigenvalue weighted by Gasteiger charge is -2.26. The predicted molar refractivity (Wildman–Crippen MR) is 237 cm³/mol. The Morgan fingerprint density at radius 3 is 1.77 bits per heavy atom. The van der Waals surface area contributed by atoms with E-state index >= 15 is 0 Å². The van der Waals surface area contributed by atoms with Gasteiger partial charge in [-0.2, -0.15) is 0 Å². The molecule has 9 aromatic rings. The molecule has 2 atom stereocenters. The van der Waals surface area contributed by atoms with Crippen molar-refractivity contribution in [3.63, 3.8) is 0 Å². The number of aromatic nitrogens is 1. The summed E-state index contributed by atoms with van der Waals surface area (Å²) in [5, 5.41) is 2.50. The zero-order chi connectivity index (χ0) is 37.7. The molecule has 8 aromatic carbocycles. The van der Waals surface area contributed by atoms with Crippen LogP contribution in [0.4, 0.5) is 17.1 Å². The Labute approximate surface area is 332 Å². The number of allylic oxidation sites excluding steroid dienone is 2. The van der Waals surface area contributed by atoms with Crippen LogP contribution in [0.1, 0.15) is 17.0 Å². The number of rotatable bonds is 7. The molecular weight excluding hydrogens is 693 g/mol. The average molecular weight is 731 g/mol. The third kappa shape index (κ3) is 5.75. The van der Waals surface area contributed by atoms with E-state index in [1.54, 1.807) is 0 Å². The molecule has 0 amide bonds. The molecule has 1 aliphatic heterocycles. The van der Waals surface area contributed by atoms with E-state index in [0.29, 0.717) is 0 Å². The Morgan fingerprint density at radius 1 is 0.456 bits per heavy atom. The molecule has 0 bridgehead atoms. The quantitative estimate of drug-likeness (QED) is 0.162. The number of ether oxygens (including phenoxy) is 1. The lowest BCUT2D eigenvalue weighted by atomic mass is 9.87. The third-order valence-corrected chi connectivity index (χ3v) is 11.6. The highest BCUT2D eigenvalue weighted by molar-refractivity contribution is 6.13. The summed E-state index contributed by atoms with van der Waals surface area (Å²) in [5.41, 5.74) is 15.2. The molecule has 0 spiro atoms. The maximum atomic E-state index is 6.35. The smallest absolute Gasteiger partial charge is 0.128 e. The second-order valence-corrected chi connectivity index (χ2v) is 14.9. The number of hydrogen-bond donors (Lipinski definition) is 0. The van der Waals surface area contributed by atoms with Crippen molar-refractivity contribution < 1.29 is 4.74 Å². The summed E-state index contributed by atoms with van der Waals surface area (Å²) < 4.78 is 8.76. The van der Waals surface area contributed by atoms with Crippen LogP contribution >= 0.6 is 0 Å². The van der Waals surface area contributed by atoms with Gasteiger partial charge in [-0.15, -0.1) is 0 Å². The number of nitrogens with zero attached hydrogens (tertiary/aromatic N) is 2. The van der Waals surface area contributed by atoms with Crippen molar-refractivity contribution in [1.29, 1.82) is 0 Å². The Morgan fingerprint density at radius 2 is 1.04 bits per heavy atom. The first kappa shape index (κ1) is 33.0. The minimum Gasteiger partial charge on any atom is -0.485 e. The van der Waals surface area contributed by atoms with Gasteiger partial charge in [0.2, 0.25) is 0 Å².